The van der Waals surface area contributed by atoms with Crippen LogP contribution in [0.15, 0.2) is 6.07 Å². The number of ether oxygens (including phenoxy) is 1. The van der Waals surface area contributed by atoms with Gasteiger partial charge in [-0.1, -0.05) is 6.07 Å². The SMILES string of the molecule is Cc1cc(C)c(C(=O)OC(CS(=O)(=O)O)C(F)(F)F)c(C)c1O. The van der Waals surface area contributed by atoms with E-state index in [1.807, 2.05) is 0 Å². The number of alkyl halides is 3. The van der Waals surface area contributed by atoms with Crippen LogP contribution in [0.5, 0.6) is 5.75 Å². The molecule has 10 heteroatoms. The van der Waals surface area contributed by atoms with Gasteiger partial charge in [0.05, 0.1) is 5.56 Å². The summed E-state index contributed by atoms with van der Waals surface area (Å²) in [6.07, 6.45) is -8.20. The van der Waals surface area contributed by atoms with Gasteiger partial charge >= 0.3 is 12.1 Å². The van der Waals surface area contributed by atoms with Crippen molar-refractivity contribution in [1.82, 2.24) is 0 Å². The largest absolute Gasteiger partial charge is 0.507 e. The molecule has 0 saturated heterocycles. The Morgan fingerprint density at radius 2 is 1.78 bits per heavy atom. The maximum atomic E-state index is 12.8. The molecule has 0 aliphatic rings. The standard InChI is InChI=1S/C13H15F3O6S/c1-6-4-7(2)11(17)8(3)10(6)12(18)22-9(13(14,15)16)5-23(19,20)21/h4,9,17H,5H2,1-3H3,(H,19,20,21). The molecule has 6 nitrogen and oxygen atoms in total. The molecule has 1 rings (SSSR count). The number of phenolic OH excluding ortho intramolecular Hbond substituents is 1. The molecule has 0 aliphatic heterocycles. The van der Waals surface area contributed by atoms with Crippen LogP contribution in [-0.4, -0.2) is 42.1 Å². The summed E-state index contributed by atoms with van der Waals surface area (Å²) in [5, 5.41) is 9.78. The Morgan fingerprint density at radius 3 is 2.22 bits per heavy atom. The topological polar surface area (TPSA) is 101 Å². The summed E-state index contributed by atoms with van der Waals surface area (Å²) in [6.45, 7) is 4.29. The minimum absolute atomic E-state index is 0.0141. The Kier molecular flexibility index (Phi) is 5.32. The summed E-state index contributed by atoms with van der Waals surface area (Å²) in [7, 11) is -5.02. The highest BCUT2D eigenvalue weighted by Crippen LogP contribution is 2.30. The van der Waals surface area contributed by atoms with Gasteiger partial charge in [-0.2, -0.15) is 21.6 Å². The molecule has 0 spiro atoms. The molecule has 1 aromatic carbocycles. The summed E-state index contributed by atoms with van der Waals surface area (Å²) in [5.74, 6) is -3.53. The summed E-state index contributed by atoms with van der Waals surface area (Å²) in [5.41, 5.74) is 0.399. The van der Waals surface area contributed by atoms with Crippen molar-refractivity contribution < 1.29 is 40.8 Å². The number of esters is 1. The highest BCUT2D eigenvalue weighted by molar-refractivity contribution is 7.85. The smallest absolute Gasteiger partial charge is 0.426 e. The first-order valence-corrected chi connectivity index (χ1v) is 7.87. The third kappa shape index (κ3) is 4.83. The van der Waals surface area contributed by atoms with E-state index in [-0.39, 0.29) is 22.4 Å². The van der Waals surface area contributed by atoms with Gasteiger partial charge in [0.25, 0.3) is 10.1 Å². The average Bonchev–Trinajstić information content (AvgIpc) is 2.32. The predicted octanol–water partition coefficient (Wildman–Crippen LogP) is 2.29. The second kappa shape index (κ2) is 6.36. The van der Waals surface area contributed by atoms with Crippen molar-refractivity contribution >= 4 is 16.1 Å². The number of phenols is 1. The van der Waals surface area contributed by atoms with Crippen molar-refractivity contribution in [2.45, 2.75) is 33.1 Å². The van der Waals surface area contributed by atoms with Gasteiger partial charge in [-0.25, -0.2) is 4.79 Å². The molecule has 2 N–H and O–H groups in total. The molecule has 0 radical (unpaired) electrons. The maximum Gasteiger partial charge on any atom is 0.426 e. The van der Waals surface area contributed by atoms with E-state index in [0.717, 1.165) is 0 Å². The fourth-order valence-corrected chi connectivity index (χ4v) is 2.70. The van der Waals surface area contributed by atoms with E-state index in [9.17, 15) is 31.5 Å². The monoisotopic (exact) mass is 356 g/mol. The molecular formula is C13H15F3O6S. The van der Waals surface area contributed by atoms with Crippen LogP contribution in [0.25, 0.3) is 0 Å². The summed E-state index contributed by atoms with van der Waals surface area (Å²) < 4.78 is 72.4. The number of aryl methyl sites for hydroxylation is 2. The number of halogens is 3. The molecule has 1 aromatic rings. The highest BCUT2D eigenvalue weighted by Gasteiger charge is 2.45. The van der Waals surface area contributed by atoms with Crippen LogP contribution in [0.3, 0.4) is 0 Å². The lowest BCUT2D eigenvalue weighted by Crippen LogP contribution is -2.39. The minimum Gasteiger partial charge on any atom is -0.507 e. The Labute approximate surface area is 130 Å². The predicted molar refractivity (Wildman–Crippen MR) is 74.0 cm³/mol. The molecule has 0 aromatic heterocycles. The van der Waals surface area contributed by atoms with E-state index < -0.39 is 34.1 Å². The van der Waals surface area contributed by atoms with Crippen molar-refractivity contribution in [3.8, 4) is 5.75 Å². The minimum atomic E-state index is -5.18. The second-order valence-corrected chi connectivity index (χ2v) is 6.54. The lowest BCUT2D eigenvalue weighted by molar-refractivity contribution is -0.197. The van der Waals surface area contributed by atoms with Crippen molar-refractivity contribution in [3.05, 3.63) is 28.3 Å². The van der Waals surface area contributed by atoms with E-state index >= 15 is 0 Å². The van der Waals surface area contributed by atoms with Gasteiger partial charge in [0.1, 0.15) is 11.5 Å². The van der Waals surface area contributed by atoms with Gasteiger partial charge in [-0.3, -0.25) is 4.55 Å². The van der Waals surface area contributed by atoms with Crippen LogP contribution in [-0.2, 0) is 14.9 Å². The van der Waals surface area contributed by atoms with Crippen molar-refractivity contribution in [2.75, 3.05) is 5.75 Å². The zero-order chi connectivity index (χ0) is 18.2. The highest BCUT2D eigenvalue weighted by atomic mass is 32.2. The molecule has 0 fully saturated rings. The van der Waals surface area contributed by atoms with Crippen LogP contribution in [0.1, 0.15) is 27.0 Å². The Hall–Kier alpha value is -1.81. The van der Waals surface area contributed by atoms with E-state index in [0.29, 0.717) is 5.56 Å². The zero-order valence-electron chi connectivity index (χ0n) is 12.4. The van der Waals surface area contributed by atoms with Crippen LogP contribution in [0, 0.1) is 20.8 Å². The lowest BCUT2D eigenvalue weighted by Gasteiger charge is -2.21. The lowest BCUT2D eigenvalue weighted by atomic mass is 9.98. The second-order valence-electron chi connectivity index (χ2n) is 5.04. The molecule has 0 aliphatic carbocycles. The number of hydrogen-bond acceptors (Lipinski definition) is 5. The first kappa shape index (κ1) is 19.2. The van der Waals surface area contributed by atoms with E-state index in [1.54, 1.807) is 6.92 Å². The van der Waals surface area contributed by atoms with Crippen LogP contribution >= 0.6 is 0 Å². The van der Waals surface area contributed by atoms with Gasteiger partial charge in [-0.15, -0.1) is 0 Å². The molecule has 0 saturated carbocycles. The summed E-state index contributed by atoms with van der Waals surface area (Å²) in [6, 6.07) is 1.38. The third-order valence-corrected chi connectivity index (χ3v) is 3.84. The van der Waals surface area contributed by atoms with Gasteiger partial charge in [-0.05, 0) is 31.9 Å². The van der Waals surface area contributed by atoms with Gasteiger partial charge in [0, 0.05) is 5.56 Å². The molecule has 130 valence electrons. The Bertz CT molecular complexity index is 724. The third-order valence-electron chi connectivity index (χ3n) is 3.11. The van der Waals surface area contributed by atoms with E-state index in [4.69, 9.17) is 4.55 Å². The molecule has 1 unspecified atom stereocenters. The fourth-order valence-electron chi connectivity index (χ4n) is 2.06. The van der Waals surface area contributed by atoms with Gasteiger partial charge in [0.2, 0.25) is 6.10 Å². The molecule has 0 bridgehead atoms. The molecule has 23 heavy (non-hydrogen) atoms. The zero-order valence-corrected chi connectivity index (χ0v) is 13.2. The number of carbonyl (C=O) groups excluding carboxylic acids is 1. The first-order chi connectivity index (χ1) is 10.2. The van der Waals surface area contributed by atoms with Gasteiger partial charge < -0.3 is 9.84 Å². The number of carbonyl (C=O) groups is 1. The first-order valence-electron chi connectivity index (χ1n) is 6.26. The van der Waals surface area contributed by atoms with E-state index in [2.05, 4.69) is 4.74 Å². The average molecular weight is 356 g/mol. The molecule has 0 amide bonds. The van der Waals surface area contributed by atoms with Crippen LogP contribution < -0.4 is 0 Å². The number of benzene rings is 1. The Morgan fingerprint density at radius 1 is 1.26 bits per heavy atom. The molecule has 1 atom stereocenters. The number of rotatable bonds is 4. The fraction of sp³-hybridized carbons (Fsp3) is 0.462. The van der Waals surface area contributed by atoms with Crippen molar-refractivity contribution in [1.29, 1.82) is 0 Å². The van der Waals surface area contributed by atoms with Crippen molar-refractivity contribution in [3.63, 3.8) is 0 Å². The normalized spacial score (nSPS) is 13.7. The van der Waals surface area contributed by atoms with Crippen LogP contribution in [0.4, 0.5) is 13.2 Å². The van der Waals surface area contributed by atoms with E-state index in [1.165, 1.54) is 19.9 Å². The summed E-state index contributed by atoms with van der Waals surface area (Å²) >= 11 is 0. The van der Waals surface area contributed by atoms with Crippen molar-refractivity contribution in [2.24, 2.45) is 0 Å². The molecular weight excluding hydrogens is 341 g/mol. The quantitative estimate of drug-likeness (QED) is 0.634. The molecule has 0 heterocycles. The summed E-state index contributed by atoms with van der Waals surface area (Å²) in [4.78, 5) is 12.0. The Balaban J connectivity index is 3.22. The number of aromatic hydroxyl groups is 1. The number of hydrogen-bond donors (Lipinski definition) is 2. The van der Waals surface area contributed by atoms with Crippen LogP contribution in [0.2, 0.25) is 0 Å². The maximum absolute atomic E-state index is 12.8. The van der Waals surface area contributed by atoms with Gasteiger partial charge in [0.15, 0.2) is 0 Å².